The lowest BCUT2D eigenvalue weighted by molar-refractivity contribution is -0.131. The molecule has 3 heterocycles. The quantitative estimate of drug-likeness (QED) is 0.867. The summed E-state index contributed by atoms with van der Waals surface area (Å²) in [6, 6.07) is 5.93. The van der Waals surface area contributed by atoms with Crippen LogP contribution in [0.5, 0.6) is 0 Å². The summed E-state index contributed by atoms with van der Waals surface area (Å²) < 4.78 is 0. The van der Waals surface area contributed by atoms with Crippen LogP contribution in [-0.2, 0) is 11.2 Å². The third-order valence-electron chi connectivity index (χ3n) is 3.87. The number of rotatable bonds is 4. The van der Waals surface area contributed by atoms with Crippen molar-refractivity contribution in [2.24, 2.45) is 0 Å². The highest BCUT2D eigenvalue weighted by Gasteiger charge is 2.21. The highest BCUT2D eigenvalue weighted by Crippen LogP contribution is 2.14. The number of carbonyl (C=O) groups excluding carboxylic acids is 1. The Morgan fingerprint density at radius 1 is 1.27 bits per heavy atom. The van der Waals surface area contributed by atoms with Crippen LogP contribution in [0, 0.1) is 6.92 Å². The molecule has 1 fully saturated rings. The molecular formula is C16H20N4OS. The fourth-order valence-electron chi connectivity index (χ4n) is 2.64. The molecule has 1 aliphatic rings. The summed E-state index contributed by atoms with van der Waals surface area (Å²) in [4.78, 5) is 25.3. The predicted molar refractivity (Wildman–Crippen MR) is 88.2 cm³/mol. The lowest BCUT2D eigenvalue weighted by atomic mass is 10.2. The second-order valence-electron chi connectivity index (χ2n) is 5.41. The smallest absolute Gasteiger partial charge is 0.223 e. The maximum absolute atomic E-state index is 12.3. The zero-order valence-electron chi connectivity index (χ0n) is 12.7. The molecule has 1 saturated heterocycles. The molecule has 0 saturated carbocycles. The molecule has 0 aromatic carbocycles. The molecule has 116 valence electrons. The van der Waals surface area contributed by atoms with Crippen LogP contribution in [-0.4, -0.2) is 47.0 Å². The van der Waals surface area contributed by atoms with E-state index in [9.17, 15) is 4.79 Å². The van der Waals surface area contributed by atoms with Gasteiger partial charge in [0.25, 0.3) is 0 Å². The van der Waals surface area contributed by atoms with Crippen molar-refractivity contribution in [2.45, 2.75) is 19.8 Å². The van der Waals surface area contributed by atoms with Crippen molar-refractivity contribution in [3.8, 4) is 0 Å². The first kappa shape index (κ1) is 15.0. The summed E-state index contributed by atoms with van der Waals surface area (Å²) in [5.41, 5.74) is 1.03. The molecule has 5 nitrogen and oxygen atoms in total. The minimum atomic E-state index is 0.228. The van der Waals surface area contributed by atoms with Gasteiger partial charge in [0.15, 0.2) is 0 Å². The van der Waals surface area contributed by atoms with E-state index >= 15 is 0 Å². The van der Waals surface area contributed by atoms with Crippen molar-refractivity contribution < 1.29 is 4.79 Å². The van der Waals surface area contributed by atoms with Gasteiger partial charge >= 0.3 is 0 Å². The SMILES string of the molecule is Cc1nc(CCC(=O)N2CCN(c3ccccn3)CC2)cs1. The van der Waals surface area contributed by atoms with Crippen molar-refractivity contribution in [2.75, 3.05) is 31.1 Å². The van der Waals surface area contributed by atoms with E-state index < -0.39 is 0 Å². The predicted octanol–water partition coefficient (Wildman–Crippen LogP) is 2.13. The number of carbonyl (C=O) groups is 1. The Balaban J connectivity index is 1.47. The fraction of sp³-hybridized carbons (Fsp3) is 0.438. The molecule has 3 rings (SSSR count). The van der Waals surface area contributed by atoms with Gasteiger partial charge in [-0.25, -0.2) is 9.97 Å². The number of nitrogens with zero attached hydrogens (tertiary/aromatic N) is 4. The average molecular weight is 316 g/mol. The van der Waals surface area contributed by atoms with Crippen LogP contribution in [0.2, 0.25) is 0 Å². The number of thiazole rings is 1. The minimum absolute atomic E-state index is 0.228. The van der Waals surface area contributed by atoms with Gasteiger partial charge in [0.1, 0.15) is 5.82 Å². The van der Waals surface area contributed by atoms with Crippen molar-refractivity contribution in [3.05, 3.63) is 40.5 Å². The van der Waals surface area contributed by atoms with Crippen molar-refractivity contribution >= 4 is 23.1 Å². The topological polar surface area (TPSA) is 49.3 Å². The lowest BCUT2D eigenvalue weighted by Crippen LogP contribution is -2.49. The molecule has 1 aliphatic heterocycles. The van der Waals surface area contributed by atoms with Crippen LogP contribution in [0.4, 0.5) is 5.82 Å². The molecule has 2 aromatic rings. The summed E-state index contributed by atoms with van der Waals surface area (Å²) in [6.45, 7) is 5.22. The Hall–Kier alpha value is -1.95. The molecule has 0 spiro atoms. The molecule has 0 aliphatic carbocycles. The first-order valence-electron chi connectivity index (χ1n) is 7.57. The second-order valence-corrected chi connectivity index (χ2v) is 6.48. The monoisotopic (exact) mass is 316 g/mol. The number of aryl methyl sites for hydroxylation is 2. The third kappa shape index (κ3) is 3.62. The van der Waals surface area contributed by atoms with Gasteiger partial charge in [-0.1, -0.05) is 6.07 Å². The van der Waals surface area contributed by atoms with Crippen molar-refractivity contribution in [1.82, 2.24) is 14.9 Å². The molecule has 2 aromatic heterocycles. The summed E-state index contributed by atoms with van der Waals surface area (Å²) in [5, 5.41) is 3.10. The molecule has 0 bridgehead atoms. The second kappa shape index (κ2) is 6.87. The van der Waals surface area contributed by atoms with Crippen molar-refractivity contribution in [1.29, 1.82) is 0 Å². The Labute approximate surface area is 134 Å². The maximum atomic E-state index is 12.3. The van der Waals surface area contributed by atoms with E-state index in [2.05, 4.69) is 14.9 Å². The Morgan fingerprint density at radius 3 is 2.73 bits per heavy atom. The van der Waals surface area contributed by atoms with Gasteiger partial charge < -0.3 is 9.80 Å². The molecule has 0 unspecified atom stereocenters. The molecule has 0 atom stereocenters. The van der Waals surface area contributed by atoms with Gasteiger partial charge in [-0.15, -0.1) is 11.3 Å². The summed E-state index contributed by atoms with van der Waals surface area (Å²) >= 11 is 1.64. The van der Waals surface area contributed by atoms with Gasteiger partial charge in [0.05, 0.1) is 10.7 Å². The van der Waals surface area contributed by atoms with Gasteiger partial charge in [-0.05, 0) is 25.5 Å². The largest absolute Gasteiger partial charge is 0.353 e. The summed E-state index contributed by atoms with van der Waals surface area (Å²) in [7, 11) is 0. The van der Waals surface area contributed by atoms with E-state index in [4.69, 9.17) is 0 Å². The number of anilines is 1. The summed E-state index contributed by atoms with van der Waals surface area (Å²) in [6.07, 6.45) is 3.10. The van der Waals surface area contributed by atoms with Gasteiger partial charge in [-0.3, -0.25) is 4.79 Å². The number of hydrogen-bond acceptors (Lipinski definition) is 5. The first-order valence-corrected chi connectivity index (χ1v) is 8.45. The van der Waals surface area contributed by atoms with Gasteiger partial charge in [-0.2, -0.15) is 0 Å². The molecular weight excluding hydrogens is 296 g/mol. The van der Waals surface area contributed by atoms with E-state index in [-0.39, 0.29) is 5.91 Å². The Bertz CT molecular complexity index is 620. The van der Waals surface area contributed by atoms with E-state index in [1.165, 1.54) is 0 Å². The van der Waals surface area contributed by atoms with Crippen LogP contribution in [0.15, 0.2) is 29.8 Å². The Kier molecular flexibility index (Phi) is 4.68. The van der Waals surface area contributed by atoms with E-state index in [1.807, 2.05) is 41.6 Å². The van der Waals surface area contributed by atoms with Crippen LogP contribution < -0.4 is 4.90 Å². The summed E-state index contributed by atoms with van der Waals surface area (Å²) in [5.74, 6) is 1.22. The standard InChI is InChI=1S/C16H20N4OS/c1-13-18-14(12-22-13)5-6-16(21)20-10-8-19(9-11-20)15-4-2-3-7-17-15/h2-4,7,12H,5-6,8-11H2,1H3. The molecule has 6 heteroatoms. The number of hydrogen-bond donors (Lipinski definition) is 0. The fourth-order valence-corrected chi connectivity index (χ4v) is 3.29. The van der Waals surface area contributed by atoms with Crippen molar-refractivity contribution in [3.63, 3.8) is 0 Å². The van der Waals surface area contributed by atoms with Crippen LogP contribution in [0.1, 0.15) is 17.1 Å². The third-order valence-corrected chi connectivity index (χ3v) is 4.69. The van der Waals surface area contributed by atoms with Gasteiger partial charge in [0.2, 0.25) is 5.91 Å². The number of aromatic nitrogens is 2. The van der Waals surface area contributed by atoms with E-state index in [1.54, 1.807) is 11.3 Å². The zero-order chi connectivity index (χ0) is 15.4. The highest BCUT2D eigenvalue weighted by atomic mass is 32.1. The normalized spacial score (nSPS) is 15.1. The molecule has 0 radical (unpaired) electrons. The maximum Gasteiger partial charge on any atom is 0.223 e. The molecule has 1 amide bonds. The lowest BCUT2D eigenvalue weighted by Gasteiger charge is -2.35. The van der Waals surface area contributed by atoms with E-state index in [0.717, 1.165) is 49.1 Å². The highest BCUT2D eigenvalue weighted by molar-refractivity contribution is 7.09. The van der Waals surface area contributed by atoms with Crippen LogP contribution >= 0.6 is 11.3 Å². The first-order chi connectivity index (χ1) is 10.7. The van der Waals surface area contributed by atoms with Crippen LogP contribution in [0.25, 0.3) is 0 Å². The Morgan fingerprint density at radius 2 is 2.09 bits per heavy atom. The number of piperazine rings is 1. The van der Waals surface area contributed by atoms with Gasteiger partial charge in [0, 0.05) is 44.2 Å². The minimum Gasteiger partial charge on any atom is -0.353 e. The number of pyridine rings is 1. The van der Waals surface area contributed by atoms with Crippen LogP contribution in [0.3, 0.4) is 0 Å². The molecule has 0 N–H and O–H groups in total. The molecule has 22 heavy (non-hydrogen) atoms. The zero-order valence-corrected chi connectivity index (χ0v) is 13.6. The average Bonchev–Trinajstić information content (AvgIpc) is 2.99. The number of amides is 1. The van der Waals surface area contributed by atoms with E-state index in [0.29, 0.717) is 6.42 Å².